The van der Waals surface area contributed by atoms with Crippen LogP contribution in [-0.2, 0) is 24.8 Å². The van der Waals surface area contributed by atoms with Crippen molar-refractivity contribution in [1.82, 2.24) is 4.98 Å². The highest BCUT2D eigenvalue weighted by molar-refractivity contribution is 7.93. The Morgan fingerprint density at radius 1 is 0.780 bits per heavy atom. The third-order valence-electron chi connectivity index (χ3n) is 5.66. The van der Waals surface area contributed by atoms with Crippen molar-refractivity contribution in [2.75, 3.05) is 21.7 Å². The van der Waals surface area contributed by atoms with E-state index in [9.17, 15) is 39.9 Å². The summed E-state index contributed by atoms with van der Waals surface area (Å²) in [5.41, 5.74) is -0.518. The topological polar surface area (TPSA) is 125 Å². The van der Waals surface area contributed by atoms with Crippen molar-refractivity contribution in [3.63, 3.8) is 0 Å². The molecule has 0 aliphatic heterocycles. The number of aromatic nitrogens is 1. The SMILES string of the molecule is O=C(O)CN(c1ncc(N(CC(F)(F)F)S(=O)(=O)c2ccc(Cl)cc2)c2ccccc12)S(=O)(=O)c1ccc(Cl)cc1. The van der Waals surface area contributed by atoms with Gasteiger partial charge in [0.1, 0.15) is 13.1 Å². The van der Waals surface area contributed by atoms with Gasteiger partial charge in [0.2, 0.25) is 0 Å². The van der Waals surface area contributed by atoms with Crippen LogP contribution in [0.5, 0.6) is 0 Å². The molecule has 0 radical (unpaired) electrons. The first kappa shape index (κ1) is 30.4. The Bertz CT molecular complexity index is 1820. The number of halogens is 5. The molecule has 3 aromatic carbocycles. The largest absolute Gasteiger partial charge is 0.480 e. The van der Waals surface area contributed by atoms with E-state index in [-0.39, 0.29) is 30.0 Å². The molecule has 1 aromatic heterocycles. The monoisotopic (exact) mass is 647 g/mol. The Balaban J connectivity index is 1.96. The molecule has 0 amide bonds. The second-order valence-corrected chi connectivity index (χ2v) is 13.1. The van der Waals surface area contributed by atoms with Gasteiger partial charge in [0, 0.05) is 20.8 Å². The summed E-state index contributed by atoms with van der Waals surface area (Å²) < 4.78 is 95.7. The molecule has 1 N–H and O–H groups in total. The zero-order chi connectivity index (χ0) is 30.2. The molecule has 0 spiro atoms. The fraction of sp³-hybridized carbons (Fsp3) is 0.120. The third-order valence-corrected chi connectivity index (χ3v) is 9.69. The summed E-state index contributed by atoms with van der Waals surface area (Å²) in [6, 6.07) is 14.7. The molecule has 1 heterocycles. The maximum absolute atomic E-state index is 13.7. The van der Waals surface area contributed by atoms with E-state index in [2.05, 4.69) is 4.98 Å². The van der Waals surface area contributed by atoms with Gasteiger partial charge in [0.05, 0.1) is 21.7 Å². The number of sulfonamides is 2. The van der Waals surface area contributed by atoms with E-state index < -0.39 is 61.7 Å². The predicted molar refractivity (Wildman–Crippen MR) is 147 cm³/mol. The highest BCUT2D eigenvalue weighted by Gasteiger charge is 2.39. The number of pyridine rings is 1. The standard InChI is InChI=1S/C25H18Cl2F3N3O6S2/c26-16-5-9-18(10-6-16)40(36,37)32(14-23(34)35)24-21-4-2-1-3-20(21)22(13-31-24)33(15-25(28,29)30)41(38,39)19-11-7-17(27)8-12-19/h1-13H,14-15H2,(H,34,35). The van der Waals surface area contributed by atoms with Gasteiger partial charge < -0.3 is 5.11 Å². The molecule has 4 aromatic rings. The van der Waals surface area contributed by atoms with Gasteiger partial charge >= 0.3 is 12.1 Å². The number of carbonyl (C=O) groups is 1. The Labute approximate surface area is 242 Å². The molecule has 0 aliphatic carbocycles. The number of hydrogen-bond donors (Lipinski definition) is 1. The van der Waals surface area contributed by atoms with E-state index in [0.29, 0.717) is 4.31 Å². The number of anilines is 2. The molecule has 216 valence electrons. The maximum Gasteiger partial charge on any atom is 0.407 e. The second kappa shape index (κ2) is 11.4. The van der Waals surface area contributed by atoms with Crippen LogP contribution in [-0.4, -0.2) is 52.2 Å². The number of carboxylic acid groups (broad SMARTS) is 1. The molecule has 16 heteroatoms. The minimum absolute atomic E-state index is 0.102. The van der Waals surface area contributed by atoms with Crippen LogP contribution in [0.15, 0.2) is 88.8 Å². The average molecular weight is 648 g/mol. The van der Waals surface area contributed by atoms with Crippen molar-refractivity contribution in [3.8, 4) is 0 Å². The first-order chi connectivity index (χ1) is 19.1. The summed E-state index contributed by atoms with van der Waals surface area (Å²) in [5, 5.41) is 9.63. The predicted octanol–water partition coefficient (Wildman–Crippen LogP) is 5.58. The van der Waals surface area contributed by atoms with Gasteiger partial charge in [-0.15, -0.1) is 0 Å². The summed E-state index contributed by atoms with van der Waals surface area (Å²) >= 11 is 11.7. The number of nitrogens with zero attached hydrogens (tertiary/aromatic N) is 3. The number of alkyl halides is 3. The lowest BCUT2D eigenvalue weighted by molar-refractivity contribution is -0.135. The third kappa shape index (κ3) is 6.50. The Morgan fingerprint density at radius 2 is 1.24 bits per heavy atom. The number of hydrogen-bond acceptors (Lipinski definition) is 6. The minimum Gasteiger partial charge on any atom is -0.480 e. The smallest absolute Gasteiger partial charge is 0.407 e. The Morgan fingerprint density at radius 3 is 1.71 bits per heavy atom. The van der Waals surface area contributed by atoms with Crippen LogP contribution >= 0.6 is 23.2 Å². The summed E-state index contributed by atoms with van der Waals surface area (Å²) in [6.07, 6.45) is -4.24. The fourth-order valence-electron chi connectivity index (χ4n) is 3.89. The highest BCUT2D eigenvalue weighted by Crippen LogP contribution is 2.38. The molecule has 0 saturated heterocycles. The first-order valence-corrected chi connectivity index (χ1v) is 15.0. The quantitative estimate of drug-likeness (QED) is 0.251. The average Bonchev–Trinajstić information content (AvgIpc) is 2.90. The number of fused-ring (bicyclic) bond motifs is 1. The van der Waals surface area contributed by atoms with Gasteiger partial charge in [-0.2, -0.15) is 13.2 Å². The van der Waals surface area contributed by atoms with Gasteiger partial charge in [0.15, 0.2) is 5.82 Å². The van der Waals surface area contributed by atoms with Crippen molar-refractivity contribution in [3.05, 3.63) is 89.0 Å². The Kier molecular flexibility index (Phi) is 8.41. The molecule has 41 heavy (non-hydrogen) atoms. The van der Waals surface area contributed by atoms with Crippen LogP contribution in [0.1, 0.15) is 0 Å². The van der Waals surface area contributed by atoms with E-state index >= 15 is 0 Å². The maximum atomic E-state index is 13.7. The van der Waals surface area contributed by atoms with Crippen LogP contribution in [0.25, 0.3) is 10.8 Å². The lowest BCUT2D eigenvalue weighted by Gasteiger charge is -2.28. The first-order valence-electron chi connectivity index (χ1n) is 11.3. The lowest BCUT2D eigenvalue weighted by Crippen LogP contribution is -2.39. The molecule has 0 saturated carbocycles. The molecular weight excluding hydrogens is 630 g/mol. The van der Waals surface area contributed by atoms with Crippen molar-refractivity contribution in [1.29, 1.82) is 0 Å². The second-order valence-electron chi connectivity index (χ2n) is 8.45. The number of carboxylic acids is 1. The summed E-state index contributed by atoms with van der Waals surface area (Å²) in [4.78, 5) is 14.9. The van der Waals surface area contributed by atoms with Crippen LogP contribution < -0.4 is 8.61 Å². The van der Waals surface area contributed by atoms with E-state index in [1.807, 2.05) is 0 Å². The lowest BCUT2D eigenvalue weighted by atomic mass is 10.1. The molecule has 0 bridgehead atoms. The number of rotatable bonds is 9. The summed E-state index contributed by atoms with van der Waals surface area (Å²) in [7, 11) is -9.43. The van der Waals surface area contributed by atoms with E-state index in [0.717, 1.165) is 30.5 Å². The van der Waals surface area contributed by atoms with Crippen molar-refractivity contribution >= 4 is 71.5 Å². The van der Waals surface area contributed by atoms with E-state index in [4.69, 9.17) is 23.2 Å². The molecule has 0 atom stereocenters. The zero-order valence-electron chi connectivity index (χ0n) is 20.5. The van der Waals surface area contributed by atoms with Crippen molar-refractivity contribution in [2.45, 2.75) is 16.0 Å². The van der Waals surface area contributed by atoms with Crippen LogP contribution in [0.2, 0.25) is 10.0 Å². The van der Waals surface area contributed by atoms with Crippen LogP contribution in [0.3, 0.4) is 0 Å². The van der Waals surface area contributed by atoms with Gasteiger partial charge in [0.25, 0.3) is 20.0 Å². The van der Waals surface area contributed by atoms with Crippen molar-refractivity contribution in [2.24, 2.45) is 0 Å². The highest BCUT2D eigenvalue weighted by atomic mass is 35.5. The molecular formula is C25H18Cl2F3N3O6S2. The fourth-order valence-corrected chi connectivity index (χ4v) is 6.98. The van der Waals surface area contributed by atoms with E-state index in [1.54, 1.807) is 0 Å². The molecule has 0 aliphatic rings. The summed E-state index contributed by atoms with van der Waals surface area (Å²) in [5.74, 6) is -2.00. The number of benzene rings is 3. The van der Waals surface area contributed by atoms with Crippen molar-refractivity contribution < 1.29 is 39.9 Å². The van der Waals surface area contributed by atoms with Gasteiger partial charge in [-0.1, -0.05) is 47.5 Å². The van der Waals surface area contributed by atoms with Gasteiger partial charge in [-0.05, 0) is 48.5 Å². The zero-order valence-corrected chi connectivity index (χ0v) is 23.6. The van der Waals surface area contributed by atoms with Crippen LogP contribution in [0.4, 0.5) is 24.7 Å². The molecule has 0 fully saturated rings. The van der Waals surface area contributed by atoms with E-state index in [1.165, 1.54) is 48.5 Å². The van der Waals surface area contributed by atoms with Crippen LogP contribution in [0, 0.1) is 0 Å². The Hall–Kier alpha value is -3.59. The molecule has 9 nitrogen and oxygen atoms in total. The number of aliphatic carboxylic acids is 1. The van der Waals surface area contributed by atoms with Gasteiger partial charge in [-0.25, -0.2) is 26.1 Å². The normalized spacial score (nSPS) is 12.3. The molecule has 4 rings (SSSR count). The van der Waals surface area contributed by atoms with Gasteiger partial charge in [-0.3, -0.25) is 9.10 Å². The molecule has 0 unspecified atom stereocenters. The minimum atomic E-state index is -4.99. The summed E-state index contributed by atoms with van der Waals surface area (Å²) in [6.45, 7) is -3.04.